The molecule has 1 aromatic carbocycles. The quantitative estimate of drug-likeness (QED) is 0.726. The third kappa shape index (κ3) is 3.28. The Labute approximate surface area is 128 Å². The molecule has 22 heavy (non-hydrogen) atoms. The van der Waals surface area contributed by atoms with E-state index >= 15 is 0 Å². The van der Waals surface area contributed by atoms with Crippen molar-refractivity contribution in [3.05, 3.63) is 36.0 Å². The van der Waals surface area contributed by atoms with E-state index in [1.165, 1.54) is 0 Å². The molecule has 2 amide bonds. The normalized spacial score (nSPS) is 17.5. The van der Waals surface area contributed by atoms with Crippen LogP contribution in [0, 0.1) is 0 Å². The van der Waals surface area contributed by atoms with Crippen LogP contribution in [0.3, 0.4) is 0 Å². The molecule has 3 rings (SSSR count). The van der Waals surface area contributed by atoms with Gasteiger partial charge in [-0.1, -0.05) is 18.2 Å². The molecule has 1 fully saturated rings. The molecular formula is C16H19N3O3. The number of ether oxygens (including phenoxy) is 1. The number of H-pyrrole nitrogens is 1. The van der Waals surface area contributed by atoms with E-state index in [0.717, 1.165) is 23.7 Å². The second-order valence-corrected chi connectivity index (χ2v) is 5.32. The molecule has 1 aliphatic rings. The Morgan fingerprint density at radius 2 is 2.05 bits per heavy atom. The maximum atomic E-state index is 12.0. The Balaban J connectivity index is 1.45. The van der Waals surface area contributed by atoms with Gasteiger partial charge in [0.1, 0.15) is 11.8 Å². The highest BCUT2D eigenvalue weighted by molar-refractivity contribution is 5.98. The number of benzene rings is 1. The maximum absolute atomic E-state index is 12.0. The summed E-state index contributed by atoms with van der Waals surface area (Å²) in [4.78, 5) is 26.8. The summed E-state index contributed by atoms with van der Waals surface area (Å²) < 4.78 is 5.29. The fourth-order valence-corrected chi connectivity index (χ4v) is 2.55. The highest BCUT2D eigenvalue weighted by Gasteiger charge is 2.22. The lowest BCUT2D eigenvalue weighted by molar-refractivity contribution is -0.129. The Hall–Kier alpha value is -2.34. The van der Waals surface area contributed by atoms with Crippen LogP contribution in [0.4, 0.5) is 0 Å². The first-order chi connectivity index (χ1) is 10.7. The van der Waals surface area contributed by atoms with Crippen molar-refractivity contribution >= 4 is 22.7 Å². The fraction of sp³-hybridized carbons (Fsp3) is 0.375. The van der Waals surface area contributed by atoms with Gasteiger partial charge in [-0.3, -0.25) is 9.59 Å². The molecule has 1 atom stereocenters. The monoisotopic (exact) mass is 301 g/mol. The molecule has 6 nitrogen and oxygen atoms in total. The standard InChI is InChI=1S/C16H19N3O3/c20-15(13-10-11-4-1-2-5-12(11)19-13)17-7-8-18-16(21)14-6-3-9-22-14/h1-2,4-5,10,14,19H,3,6-9H2,(H,17,20)(H,18,21)/t14-/m0/s1. The SMILES string of the molecule is O=C(NCCNC(=O)[C@@H]1CCCO1)c1cc2ccccc2[nH]1. The summed E-state index contributed by atoms with van der Waals surface area (Å²) in [6.07, 6.45) is 1.37. The average molecular weight is 301 g/mol. The summed E-state index contributed by atoms with van der Waals surface area (Å²) >= 11 is 0. The molecule has 1 aliphatic heterocycles. The van der Waals surface area contributed by atoms with Gasteiger partial charge >= 0.3 is 0 Å². The summed E-state index contributed by atoms with van der Waals surface area (Å²) in [5.41, 5.74) is 1.45. The maximum Gasteiger partial charge on any atom is 0.267 e. The van der Waals surface area contributed by atoms with E-state index < -0.39 is 0 Å². The van der Waals surface area contributed by atoms with Gasteiger partial charge in [0.05, 0.1) is 0 Å². The molecular weight excluding hydrogens is 282 g/mol. The van der Waals surface area contributed by atoms with Crippen molar-refractivity contribution < 1.29 is 14.3 Å². The molecule has 0 unspecified atom stereocenters. The molecule has 6 heteroatoms. The topological polar surface area (TPSA) is 83.2 Å². The lowest BCUT2D eigenvalue weighted by Gasteiger charge is -2.10. The van der Waals surface area contributed by atoms with Crippen molar-refractivity contribution in [1.82, 2.24) is 15.6 Å². The number of nitrogens with one attached hydrogen (secondary N) is 3. The number of rotatable bonds is 5. The number of amides is 2. The van der Waals surface area contributed by atoms with E-state index in [1.54, 1.807) is 0 Å². The van der Waals surface area contributed by atoms with Gasteiger partial charge in [-0.25, -0.2) is 0 Å². The molecule has 2 aromatic rings. The minimum absolute atomic E-state index is 0.0997. The van der Waals surface area contributed by atoms with Crippen LogP contribution in [-0.4, -0.2) is 42.6 Å². The van der Waals surface area contributed by atoms with Crippen molar-refractivity contribution in [2.24, 2.45) is 0 Å². The van der Waals surface area contributed by atoms with E-state index in [4.69, 9.17) is 4.74 Å². The van der Waals surface area contributed by atoms with E-state index in [0.29, 0.717) is 25.4 Å². The number of hydrogen-bond donors (Lipinski definition) is 3. The number of fused-ring (bicyclic) bond motifs is 1. The fourth-order valence-electron chi connectivity index (χ4n) is 2.55. The Kier molecular flexibility index (Phi) is 4.39. The highest BCUT2D eigenvalue weighted by atomic mass is 16.5. The van der Waals surface area contributed by atoms with Crippen LogP contribution in [0.5, 0.6) is 0 Å². The number of carbonyl (C=O) groups excluding carboxylic acids is 2. The zero-order valence-corrected chi connectivity index (χ0v) is 12.2. The highest BCUT2D eigenvalue weighted by Crippen LogP contribution is 2.14. The molecule has 1 aromatic heterocycles. The van der Waals surface area contributed by atoms with Gasteiger partial charge in [-0.05, 0) is 25.0 Å². The number of carbonyl (C=O) groups is 2. The van der Waals surface area contributed by atoms with Gasteiger partial charge < -0.3 is 20.4 Å². The molecule has 0 saturated carbocycles. The van der Waals surface area contributed by atoms with Gasteiger partial charge in [0, 0.05) is 30.6 Å². The number of hydrogen-bond acceptors (Lipinski definition) is 3. The van der Waals surface area contributed by atoms with Crippen LogP contribution >= 0.6 is 0 Å². The summed E-state index contributed by atoms with van der Waals surface area (Å²) in [7, 11) is 0. The summed E-state index contributed by atoms with van der Waals surface area (Å²) in [6.45, 7) is 1.42. The first kappa shape index (κ1) is 14.6. The van der Waals surface area contributed by atoms with Crippen molar-refractivity contribution in [1.29, 1.82) is 0 Å². The van der Waals surface area contributed by atoms with Gasteiger partial charge in [0.2, 0.25) is 5.91 Å². The molecule has 0 radical (unpaired) electrons. The minimum Gasteiger partial charge on any atom is -0.368 e. The summed E-state index contributed by atoms with van der Waals surface area (Å²) in [6, 6.07) is 9.54. The predicted octanol–water partition coefficient (Wildman–Crippen LogP) is 1.19. The van der Waals surface area contributed by atoms with Gasteiger partial charge in [0.15, 0.2) is 0 Å². The number of aromatic amines is 1. The van der Waals surface area contributed by atoms with Crippen molar-refractivity contribution in [2.45, 2.75) is 18.9 Å². The van der Waals surface area contributed by atoms with Gasteiger partial charge in [0.25, 0.3) is 5.91 Å². The smallest absolute Gasteiger partial charge is 0.267 e. The second-order valence-electron chi connectivity index (χ2n) is 5.32. The minimum atomic E-state index is -0.329. The van der Waals surface area contributed by atoms with Crippen molar-refractivity contribution in [2.75, 3.05) is 19.7 Å². The molecule has 0 aliphatic carbocycles. The number of para-hydroxylation sites is 1. The molecule has 0 spiro atoms. The van der Waals surface area contributed by atoms with Crippen LogP contribution < -0.4 is 10.6 Å². The van der Waals surface area contributed by atoms with Crippen LogP contribution in [0.2, 0.25) is 0 Å². The van der Waals surface area contributed by atoms with E-state index in [1.807, 2.05) is 30.3 Å². The van der Waals surface area contributed by atoms with Crippen LogP contribution in [-0.2, 0) is 9.53 Å². The van der Waals surface area contributed by atoms with Gasteiger partial charge in [-0.2, -0.15) is 0 Å². The molecule has 3 N–H and O–H groups in total. The Morgan fingerprint density at radius 1 is 1.23 bits per heavy atom. The summed E-state index contributed by atoms with van der Waals surface area (Å²) in [5.74, 6) is -0.278. The van der Waals surface area contributed by atoms with Crippen molar-refractivity contribution in [3.8, 4) is 0 Å². The lowest BCUT2D eigenvalue weighted by Crippen LogP contribution is -2.39. The average Bonchev–Trinajstić information content (AvgIpc) is 3.19. The van der Waals surface area contributed by atoms with Gasteiger partial charge in [-0.15, -0.1) is 0 Å². The first-order valence-electron chi connectivity index (χ1n) is 7.49. The van der Waals surface area contributed by atoms with Crippen LogP contribution in [0.1, 0.15) is 23.3 Å². The zero-order valence-electron chi connectivity index (χ0n) is 12.2. The largest absolute Gasteiger partial charge is 0.368 e. The number of aromatic nitrogens is 1. The third-order valence-corrected chi connectivity index (χ3v) is 3.71. The van der Waals surface area contributed by atoms with E-state index in [2.05, 4.69) is 15.6 Å². The summed E-state index contributed by atoms with van der Waals surface area (Å²) in [5, 5.41) is 6.55. The zero-order chi connectivity index (χ0) is 15.4. The second kappa shape index (κ2) is 6.62. The molecule has 1 saturated heterocycles. The third-order valence-electron chi connectivity index (χ3n) is 3.71. The van der Waals surface area contributed by atoms with Crippen LogP contribution in [0.25, 0.3) is 10.9 Å². The molecule has 0 bridgehead atoms. The Morgan fingerprint density at radius 3 is 2.82 bits per heavy atom. The van der Waals surface area contributed by atoms with E-state index in [9.17, 15) is 9.59 Å². The lowest BCUT2D eigenvalue weighted by atomic mass is 10.2. The van der Waals surface area contributed by atoms with Crippen molar-refractivity contribution in [3.63, 3.8) is 0 Å². The van der Waals surface area contributed by atoms with Crippen LogP contribution in [0.15, 0.2) is 30.3 Å². The molecule has 116 valence electrons. The first-order valence-corrected chi connectivity index (χ1v) is 7.49. The van der Waals surface area contributed by atoms with E-state index in [-0.39, 0.29) is 17.9 Å². The Bertz CT molecular complexity index is 641. The molecule has 2 heterocycles. The predicted molar refractivity (Wildman–Crippen MR) is 82.6 cm³/mol.